The van der Waals surface area contributed by atoms with E-state index in [0.29, 0.717) is 25.9 Å². The molecular weight excluding hydrogens is 1610 g/mol. The van der Waals surface area contributed by atoms with Crippen LogP contribution in [-0.2, 0) is 61.9 Å². The number of primary amides is 2. The molecule has 0 bridgehead atoms. The molecule has 658 valence electrons. The van der Waals surface area contributed by atoms with Gasteiger partial charge in [0.1, 0.15) is 118 Å². The minimum Gasteiger partial charge on any atom is -0.441 e. The van der Waals surface area contributed by atoms with E-state index in [4.69, 9.17) is 73.3 Å². The Morgan fingerprint density at radius 2 is 1.41 bits per heavy atom. The molecule has 118 heavy (non-hydrogen) atoms. The third kappa shape index (κ3) is 24.9. The molecule has 0 saturated carbocycles. The molecule has 26 unspecified atom stereocenters. The molecule has 4 aliphatic heterocycles. The molecule has 50 heteroatoms. The number of carbonyl (C=O) groups is 9. The number of hydrogen-bond donors (Lipinski definition) is 26. The van der Waals surface area contributed by atoms with Crippen molar-refractivity contribution < 1.29 is 132 Å². The highest BCUT2D eigenvalue weighted by atomic mass is 32.1. The lowest BCUT2D eigenvalue weighted by Crippen LogP contribution is -2.65. The molecule has 4 saturated heterocycles. The first kappa shape index (κ1) is 95.0. The zero-order chi connectivity index (χ0) is 86.7. The summed E-state index contributed by atoms with van der Waals surface area (Å²) in [5.41, 5.74) is 39.8. The van der Waals surface area contributed by atoms with Crippen LogP contribution >= 0.6 is 22.7 Å². The number of rotatable bonds is 44. The summed E-state index contributed by atoms with van der Waals surface area (Å²) in [7, 11) is 0. The number of nitrogens with zero attached hydrogens (tertiary/aromatic N) is 6. The largest absolute Gasteiger partial charge is 0.441 e. The Morgan fingerprint density at radius 1 is 0.720 bits per heavy atom. The van der Waals surface area contributed by atoms with E-state index in [2.05, 4.69) is 67.1 Å². The normalized spacial score (nSPS) is 27.1. The van der Waals surface area contributed by atoms with E-state index < -0.39 is 238 Å². The maximum atomic E-state index is 15.3. The number of β-lactam (4-membered cyclic amide) rings is 1. The highest BCUT2D eigenvalue weighted by Crippen LogP contribution is 2.38. The van der Waals surface area contributed by atoms with E-state index in [0.717, 1.165) is 79.4 Å². The van der Waals surface area contributed by atoms with Gasteiger partial charge in [-0.05, 0) is 79.4 Å². The molecule has 8 rings (SSSR count). The first-order chi connectivity index (χ1) is 56.0. The maximum absolute atomic E-state index is 15.3. The number of aliphatic hydroxyl groups excluding tert-OH is 11. The molecule has 0 aliphatic carbocycles. The highest BCUT2D eigenvalue weighted by Gasteiger charge is 2.54. The number of nitrogen functional groups attached to an aromatic ring is 1. The van der Waals surface area contributed by atoms with Crippen molar-refractivity contribution in [1.82, 2.24) is 72.0 Å². The van der Waals surface area contributed by atoms with Gasteiger partial charge in [0, 0.05) is 48.4 Å². The molecule has 33 N–H and O–H groups in total. The Kier molecular flexibility index (Phi) is 35.5. The summed E-state index contributed by atoms with van der Waals surface area (Å²) in [5, 5.41) is 144. The van der Waals surface area contributed by atoms with Crippen molar-refractivity contribution in [2.75, 3.05) is 58.2 Å². The van der Waals surface area contributed by atoms with Gasteiger partial charge in [-0.15, -0.1) is 22.7 Å². The van der Waals surface area contributed by atoms with Crippen LogP contribution in [-0.4, -0.2) is 338 Å². The van der Waals surface area contributed by atoms with Crippen molar-refractivity contribution in [3.63, 3.8) is 0 Å². The average Bonchev–Trinajstić information content (AvgIpc) is 0.892. The van der Waals surface area contributed by atoms with Gasteiger partial charge in [-0.3, -0.25) is 38.4 Å². The van der Waals surface area contributed by atoms with Gasteiger partial charge in [0.05, 0.1) is 74.7 Å². The van der Waals surface area contributed by atoms with Gasteiger partial charge in [-0.25, -0.2) is 29.7 Å². The second-order valence-electron chi connectivity index (χ2n) is 28.7. The van der Waals surface area contributed by atoms with E-state index in [1.54, 1.807) is 0 Å². The summed E-state index contributed by atoms with van der Waals surface area (Å²) >= 11 is 1.84. The van der Waals surface area contributed by atoms with Gasteiger partial charge in [0.25, 0.3) is 11.8 Å². The molecule has 0 spiro atoms. The number of thiazole rings is 2. The Hall–Kier alpha value is -8.50. The predicted molar refractivity (Wildman–Crippen MR) is 406 cm³/mol. The third-order valence-electron chi connectivity index (χ3n) is 19.8. The zero-order valence-corrected chi connectivity index (χ0v) is 66.3. The van der Waals surface area contributed by atoms with Crippen LogP contribution in [0.25, 0.3) is 10.7 Å². The van der Waals surface area contributed by atoms with E-state index in [1.165, 1.54) is 31.5 Å². The van der Waals surface area contributed by atoms with E-state index >= 15 is 9.59 Å². The van der Waals surface area contributed by atoms with Gasteiger partial charge in [-0.1, -0.05) is 0 Å². The molecular formula is C68H107N21O27S2. The van der Waals surface area contributed by atoms with Crippen molar-refractivity contribution in [2.45, 2.75) is 238 Å². The topological polar surface area (TPSA) is 791 Å². The molecule has 4 fully saturated rings. The zero-order valence-electron chi connectivity index (χ0n) is 64.6. The quantitative estimate of drug-likeness (QED) is 0.0111. The number of unbranched alkanes of at least 4 members (excludes halogenated alkanes) is 1. The van der Waals surface area contributed by atoms with Gasteiger partial charge >= 0.3 is 6.09 Å². The highest BCUT2D eigenvalue weighted by molar-refractivity contribution is 7.14. The standard InChI is InChI=1S/C68H107N21O27S2/c1-25-42(85-57(87-55(25)73)34-16-40(96)89(34)19-30(71)56(74)104)59(106)86-44(52(31-18-77-24-80-31)113-67-54(48(100)45(97)36(20-90)112-67)114-66-50(102)53(115-68(75)109)46(98)37(21-91)111-66)61(108)81-26(2)35(93)17-39(95)84-43(27(3)92)60(107)88-62(116-65-49(101)47(99)41(72)28(4)110-65)51(103)64-83-33(23-118-64)63-82-32(22-117-63)58(105)79-13-7-9-29(70)15-38(94)78-14-8-12-76-11-6-5-10-69/h18,22-24,26-30,34-37,41,43-54,62,65-67,76,90-93,97-103H,5-17,19-21,69-72H2,1-4H3,(H2,74,104)(H2,75,109)(H,77,80)(H,78,94)(H,79,105)(H,81,108)(H,84,95)(H,86,106)(H,88,107)(H2,73,85,87). The number of nitrogens with two attached hydrogens (primary N) is 7. The summed E-state index contributed by atoms with van der Waals surface area (Å²) in [6, 6.07) is -9.86. The molecule has 26 atom stereocenters. The number of ether oxygens (including phenoxy) is 7. The van der Waals surface area contributed by atoms with Crippen molar-refractivity contribution in [2.24, 2.45) is 34.4 Å². The van der Waals surface area contributed by atoms with E-state index in [9.17, 15) is 89.7 Å². The minimum atomic E-state index is -2.24. The van der Waals surface area contributed by atoms with Crippen LogP contribution in [0, 0.1) is 6.92 Å². The summed E-state index contributed by atoms with van der Waals surface area (Å²) in [5.74, 6) is -7.88. The Bertz CT molecular complexity index is 3990. The van der Waals surface area contributed by atoms with E-state index in [-0.39, 0.29) is 69.6 Å². The van der Waals surface area contributed by atoms with Crippen LogP contribution in [0.2, 0.25) is 0 Å². The Balaban J connectivity index is 0.994. The summed E-state index contributed by atoms with van der Waals surface area (Å²) < 4.78 is 40.5. The molecule has 8 heterocycles. The smallest absolute Gasteiger partial charge is 0.404 e. The molecule has 4 aromatic rings. The van der Waals surface area contributed by atoms with Gasteiger partial charge < -0.3 is 177 Å². The number of aromatic nitrogens is 6. The van der Waals surface area contributed by atoms with Gasteiger partial charge in [0.15, 0.2) is 43.1 Å². The molecule has 0 radical (unpaired) electrons. The maximum Gasteiger partial charge on any atom is 0.404 e. The van der Waals surface area contributed by atoms with Crippen molar-refractivity contribution >= 4 is 81.8 Å². The number of likely N-dealkylation sites (tertiary alicyclic amines) is 1. The first-order valence-corrected chi connectivity index (χ1v) is 39.5. The summed E-state index contributed by atoms with van der Waals surface area (Å²) in [4.78, 5) is 147. The number of aromatic amines is 1. The van der Waals surface area contributed by atoms with Crippen LogP contribution in [0.5, 0.6) is 0 Å². The average molecular weight is 1710 g/mol. The van der Waals surface area contributed by atoms with Crippen LogP contribution in [0.3, 0.4) is 0 Å². The molecule has 48 nitrogen and oxygen atoms in total. The number of nitrogens with one attached hydrogen (secondary N) is 8. The van der Waals surface area contributed by atoms with Crippen LogP contribution in [0.1, 0.15) is 133 Å². The molecule has 4 aliphatic rings. The number of aliphatic hydroxyl groups is 11. The SMILES string of the molecule is Cc1c(N)nc(C2CC(=O)N2CC(N)C(N)=O)nc1C(=O)NC(C(=O)NC(C)C(O)CC(=O)NC(C(=O)NC(OC1OC(C)C(N)C(O)C1O)C(O)c1nc(-c2nc(C(=O)NCCCC(N)CC(=O)NCCCNCCCCN)cs2)cs1)C(C)O)C(OC1OC(CO)C(O)C(O)C1OC1OC(CO)C(O)C(OC(N)=O)C1O)c1cnc[nH]1. The minimum absolute atomic E-state index is 0.0133. The Morgan fingerprint density at radius 3 is 2.07 bits per heavy atom. The van der Waals surface area contributed by atoms with Crippen molar-refractivity contribution in [3.8, 4) is 10.7 Å². The molecule has 9 amide bonds. The number of hydrogen-bond acceptors (Lipinski definition) is 40. The monoisotopic (exact) mass is 1710 g/mol. The fraction of sp³-hybridized carbons (Fsp3) is 0.676. The fourth-order valence-corrected chi connectivity index (χ4v) is 14.4. The number of anilines is 1. The van der Waals surface area contributed by atoms with E-state index in [1.807, 2.05) is 0 Å². The predicted octanol–water partition coefficient (Wildman–Crippen LogP) is -10.5. The fourth-order valence-electron chi connectivity index (χ4n) is 12.7. The lowest BCUT2D eigenvalue weighted by molar-refractivity contribution is -0.372. The van der Waals surface area contributed by atoms with Gasteiger partial charge in [-0.2, -0.15) is 0 Å². The van der Waals surface area contributed by atoms with Crippen LogP contribution in [0.4, 0.5) is 10.6 Å². The van der Waals surface area contributed by atoms with Crippen molar-refractivity contribution in [3.05, 3.63) is 56.8 Å². The third-order valence-corrected chi connectivity index (χ3v) is 21.6. The summed E-state index contributed by atoms with van der Waals surface area (Å²) in [6.07, 6.45) is -33.9. The van der Waals surface area contributed by atoms with Crippen molar-refractivity contribution in [1.29, 1.82) is 0 Å². The number of imidazole rings is 1. The lowest BCUT2D eigenvalue weighted by Gasteiger charge is -2.47. The van der Waals surface area contributed by atoms with Crippen LogP contribution < -0.4 is 77.4 Å². The molecule has 0 aromatic carbocycles. The lowest BCUT2D eigenvalue weighted by atomic mass is 9.97. The number of carbonyl (C=O) groups excluding carboxylic acids is 9. The number of H-pyrrole nitrogens is 1. The molecule has 4 aromatic heterocycles. The second-order valence-corrected chi connectivity index (χ2v) is 30.4. The van der Waals surface area contributed by atoms with Crippen LogP contribution in [0.15, 0.2) is 23.3 Å². The Labute approximate surface area is 681 Å². The first-order valence-electron chi connectivity index (χ1n) is 37.8. The second kappa shape index (κ2) is 44.2. The summed E-state index contributed by atoms with van der Waals surface area (Å²) in [6.45, 7) is 5.41. The number of amides is 9. The van der Waals surface area contributed by atoms with Gasteiger partial charge in [0.2, 0.25) is 35.4 Å².